The summed E-state index contributed by atoms with van der Waals surface area (Å²) in [4.78, 5) is 52.0. The number of nitro benzene ring substituents is 1. The minimum absolute atomic E-state index is 0.0489. The predicted molar refractivity (Wildman–Crippen MR) is 164 cm³/mol. The molecule has 0 bridgehead atoms. The van der Waals surface area contributed by atoms with Gasteiger partial charge in [0.25, 0.3) is 11.6 Å². The summed E-state index contributed by atoms with van der Waals surface area (Å²) in [6, 6.07) is 18.3. The number of likely N-dealkylation sites (tertiary alicyclic amines) is 1. The van der Waals surface area contributed by atoms with Crippen LogP contribution in [0.1, 0.15) is 54.0 Å². The number of nitro groups is 1. The number of carbonyl (C=O) groups is 3. The van der Waals surface area contributed by atoms with Gasteiger partial charge in [-0.25, -0.2) is 0 Å². The van der Waals surface area contributed by atoms with Gasteiger partial charge in [-0.3, -0.25) is 24.5 Å². The summed E-state index contributed by atoms with van der Waals surface area (Å²) in [5.74, 6) is -0.0633. The van der Waals surface area contributed by atoms with Crippen molar-refractivity contribution in [2.24, 2.45) is 0 Å². The normalized spacial score (nSPS) is 17.0. The lowest BCUT2D eigenvalue weighted by Gasteiger charge is -2.28. The van der Waals surface area contributed by atoms with Crippen LogP contribution in [0.15, 0.2) is 60.7 Å². The fourth-order valence-corrected chi connectivity index (χ4v) is 6.09. The Balaban J connectivity index is 1.33. The van der Waals surface area contributed by atoms with Gasteiger partial charge in [-0.05, 0) is 66.1 Å². The quantitative estimate of drug-likeness (QED) is 0.220. The van der Waals surface area contributed by atoms with Crippen molar-refractivity contribution < 1.29 is 19.3 Å². The third-order valence-electron chi connectivity index (χ3n) is 8.45. The lowest BCUT2D eigenvalue weighted by atomic mass is 9.96. The van der Waals surface area contributed by atoms with Crippen molar-refractivity contribution in [3.8, 4) is 0 Å². The molecule has 0 spiro atoms. The van der Waals surface area contributed by atoms with E-state index in [0.717, 1.165) is 66.7 Å². The largest absolute Gasteiger partial charge is 0.354 e. The van der Waals surface area contributed by atoms with Crippen molar-refractivity contribution in [1.29, 1.82) is 0 Å². The average molecular weight is 580 g/mol. The highest BCUT2D eigenvalue weighted by atomic mass is 16.6. The molecule has 3 aromatic rings. The Kier molecular flexibility index (Phi) is 7.67. The van der Waals surface area contributed by atoms with Crippen molar-refractivity contribution >= 4 is 46.1 Å². The number of benzene rings is 3. The van der Waals surface area contributed by atoms with Gasteiger partial charge in [-0.15, -0.1) is 0 Å². The van der Waals surface area contributed by atoms with E-state index in [-0.39, 0.29) is 23.4 Å². The second-order valence-electron chi connectivity index (χ2n) is 11.3. The molecular formula is C33H33N5O5. The molecule has 0 unspecified atom stereocenters. The first-order valence-electron chi connectivity index (χ1n) is 14.6. The van der Waals surface area contributed by atoms with Gasteiger partial charge < -0.3 is 20.4 Å². The molecule has 3 heterocycles. The molecule has 2 N–H and O–H groups in total. The molecule has 3 aliphatic rings. The van der Waals surface area contributed by atoms with E-state index in [0.29, 0.717) is 42.0 Å². The molecule has 10 heteroatoms. The standard InChI is InChI=1S/C33H33N5O5/c1-21(39)37-17-14-24-18-26(11-10-25(24)20-37)34-32(31-28-19-27(38(42)43)12-13-29(28)35-33(31)41)23-8-6-22(7-9-23)4-2-15-36-16-3-5-30(36)40/h6-13,18-19,34H,2-5,14-17,20H2,1H3,(H,35,41). The van der Waals surface area contributed by atoms with Crippen molar-refractivity contribution in [3.05, 3.63) is 98.6 Å². The Bertz CT molecular complexity index is 1660. The molecule has 0 atom stereocenters. The van der Waals surface area contributed by atoms with E-state index < -0.39 is 4.92 Å². The van der Waals surface area contributed by atoms with E-state index in [4.69, 9.17) is 0 Å². The molecule has 1 saturated heterocycles. The van der Waals surface area contributed by atoms with Gasteiger partial charge in [0, 0.05) is 68.6 Å². The number of carbonyl (C=O) groups excluding carboxylic acids is 3. The van der Waals surface area contributed by atoms with E-state index in [1.807, 2.05) is 52.3 Å². The first-order chi connectivity index (χ1) is 20.8. The summed E-state index contributed by atoms with van der Waals surface area (Å²) in [6.45, 7) is 4.36. The number of amides is 3. The molecule has 0 saturated carbocycles. The second kappa shape index (κ2) is 11.7. The number of hydrogen-bond acceptors (Lipinski definition) is 6. The summed E-state index contributed by atoms with van der Waals surface area (Å²) in [5, 5.41) is 17.9. The molecule has 3 aromatic carbocycles. The molecule has 0 radical (unpaired) electrons. The number of aryl methyl sites for hydroxylation is 1. The third-order valence-corrected chi connectivity index (χ3v) is 8.45. The van der Waals surface area contributed by atoms with Gasteiger partial charge in [0.05, 0.1) is 16.2 Å². The van der Waals surface area contributed by atoms with Crippen molar-refractivity contribution in [2.75, 3.05) is 30.3 Å². The van der Waals surface area contributed by atoms with Crippen LogP contribution in [0, 0.1) is 10.1 Å². The Morgan fingerprint density at radius 3 is 2.53 bits per heavy atom. The molecule has 220 valence electrons. The number of nitrogens with zero attached hydrogens (tertiary/aromatic N) is 3. The zero-order valence-electron chi connectivity index (χ0n) is 24.0. The van der Waals surface area contributed by atoms with E-state index in [1.165, 1.54) is 12.1 Å². The fraction of sp³-hybridized carbons (Fsp3) is 0.303. The molecular weight excluding hydrogens is 546 g/mol. The minimum atomic E-state index is -0.466. The van der Waals surface area contributed by atoms with Crippen LogP contribution >= 0.6 is 0 Å². The number of non-ortho nitro benzene ring substituents is 1. The summed E-state index contributed by atoms with van der Waals surface area (Å²) >= 11 is 0. The minimum Gasteiger partial charge on any atom is -0.354 e. The SMILES string of the molecule is CC(=O)N1CCc2cc(NC(=C3C(=O)Nc4ccc([N+](=O)[O-])cc43)c3ccc(CCCN4CCCC4=O)cc3)ccc2C1. The highest BCUT2D eigenvalue weighted by Gasteiger charge is 2.30. The first kappa shape index (κ1) is 28.1. The summed E-state index contributed by atoms with van der Waals surface area (Å²) in [6.07, 6.45) is 3.98. The van der Waals surface area contributed by atoms with Crippen LogP contribution in [-0.2, 0) is 33.8 Å². The van der Waals surface area contributed by atoms with Crippen LogP contribution in [0.4, 0.5) is 17.1 Å². The summed E-state index contributed by atoms with van der Waals surface area (Å²) in [5.41, 5.74) is 6.66. The van der Waals surface area contributed by atoms with E-state index in [9.17, 15) is 24.5 Å². The van der Waals surface area contributed by atoms with E-state index in [2.05, 4.69) is 10.6 Å². The van der Waals surface area contributed by atoms with Crippen molar-refractivity contribution in [1.82, 2.24) is 9.80 Å². The Hall–Kier alpha value is -4.99. The van der Waals surface area contributed by atoms with Crippen LogP contribution in [0.3, 0.4) is 0 Å². The van der Waals surface area contributed by atoms with Crippen LogP contribution in [0.5, 0.6) is 0 Å². The van der Waals surface area contributed by atoms with Gasteiger partial charge in [-0.2, -0.15) is 0 Å². The van der Waals surface area contributed by atoms with E-state index >= 15 is 0 Å². The lowest BCUT2D eigenvalue weighted by molar-refractivity contribution is -0.384. The van der Waals surface area contributed by atoms with Crippen LogP contribution < -0.4 is 10.6 Å². The van der Waals surface area contributed by atoms with Crippen LogP contribution in [0.2, 0.25) is 0 Å². The van der Waals surface area contributed by atoms with Crippen molar-refractivity contribution in [3.63, 3.8) is 0 Å². The lowest BCUT2D eigenvalue weighted by Crippen LogP contribution is -2.34. The smallest absolute Gasteiger partial charge is 0.270 e. The monoisotopic (exact) mass is 579 g/mol. The number of nitrogens with one attached hydrogen (secondary N) is 2. The molecule has 3 amide bonds. The summed E-state index contributed by atoms with van der Waals surface area (Å²) in [7, 11) is 0. The maximum Gasteiger partial charge on any atom is 0.270 e. The predicted octanol–water partition coefficient (Wildman–Crippen LogP) is 4.99. The molecule has 3 aliphatic heterocycles. The topological polar surface area (TPSA) is 125 Å². The van der Waals surface area contributed by atoms with Gasteiger partial charge in [0.2, 0.25) is 11.8 Å². The Morgan fingerprint density at radius 1 is 1.00 bits per heavy atom. The van der Waals surface area contributed by atoms with Gasteiger partial charge in [0.15, 0.2) is 0 Å². The maximum atomic E-state index is 13.4. The average Bonchev–Trinajstić information content (AvgIpc) is 3.56. The highest BCUT2D eigenvalue weighted by Crippen LogP contribution is 2.39. The van der Waals surface area contributed by atoms with Gasteiger partial charge >= 0.3 is 0 Å². The first-order valence-corrected chi connectivity index (χ1v) is 14.6. The zero-order valence-corrected chi connectivity index (χ0v) is 24.0. The number of rotatable bonds is 8. The van der Waals surface area contributed by atoms with Crippen molar-refractivity contribution in [2.45, 2.75) is 45.6 Å². The third kappa shape index (κ3) is 5.86. The molecule has 0 aliphatic carbocycles. The van der Waals surface area contributed by atoms with Gasteiger partial charge in [0.1, 0.15) is 0 Å². The second-order valence-corrected chi connectivity index (χ2v) is 11.3. The molecule has 10 nitrogen and oxygen atoms in total. The molecule has 1 fully saturated rings. The van der Waals surface area contributed by atoms with Crippen LogP contribution in [-0.4, -0.2) is 52.1 Å². The zero-order chi connectivity index (χ0) is 30.1. The number of hydrogen-bond donors (Lipinski definition) is 2. The van der Waals surface area contributed by atoms with Crippen LogP contribution in [0.25, 0.3) is 11.3 Å². The molecule has 6 rings (SSSR count). The highest BCUT2D eigenvalue weighted by molar-refractivity contribution is 6.37. The maximum absolute atomic E-state index is 13.4. The fourth-order valence-electron chi connectivity index (χ4n) is 6.09. The number of anilines is 2. The molecule has 0 aromatic heterocycles. The molecule has 43 heavy (non-hydrogen) atoms. The van der Waals surface area contributed by atoms with Gasteiger partial charge in [-0.1, -0.05) is 30.3 Å². The number of fused-ring (bicyclic) bond motifs is 2. The Morgan fingerprint density at radius 2 is 1.81 bits per heavy atom. The summed E-state index contributed by atoms with van der Waals surface area (Å²) < 4.78 is 0. The Labute approximate surface area is 249 Å². The van der Waals surface area contributed by atoms with E-state index in [1.54, 1.807) is 13.0 Å².